The lowest BCUT2D eigenvalue weighted by Crippen LogP contribution is -2.33. The number of phenols is 1. The van der Waals surface area contributed by atoms with Crippen LogP contribution in [0.4, 0.5) is 0 Å². The number of hydrogen-bond donors (Lipinski definition) is 2. The molecule has 2 aromatic rings. The number of carbonyl (C=O) groups excluding carboxylic acids is 1. The molecule has 0 heterocycles. The van der Waals surface area contributed by atoms with Crippen LogP contribution in [0.5, 0.6) is 23.0 Å². The topological polar surface area (TPSA) is 77.0 Å². The van der Waals surface area contributed by atoms with Gasteiger partial charge in [-0.05, 0) is 30.5 Å². The Labute approximate surface area is 171 Å². The molecule has 1 unspecified atom stereocenters. The van der Waals surface area contributed by atoms with E-state index in [2.05, 4.69) is 5.32 Å². The Kier molecular flexibility index (Phi) is 6.86. The molecular formula is C23H29NO5. The molecule has 1 fully saturated rings. The van der Waals surface area contributed by atoms with Crippen LogP contribution in [0.1, 0.15) is 49.1 Å². The summed E-state index contributed by atoms with van der Waals surface area (Å²) in [6.07, 6.45) is 4.56. The third-order valence-corrected chi connectivity index (χ3v) is 5.53. The summed E-state index contributed by atoms with van der Waals surface area (Å²) in [6, 6.07) is 11.0. The molecule has 156 valence electrons. The van der Waals surface area contributed by atoms with Gasteiger partial charge < -0.3 is 24.6 Å². The van der Waals surface area contributed by atoms with Gasteiger partial charge in [0.05, 0.1) is 21.3 Å². The molecule has 6 nitrogen and oxygen atoms in total. The van der Waals surface area contributed by atoms with Crippen molar-refractivity contribution in [3.8, 4) is 23.0 Å². The second-order valence-corrected chi connectivity index (χ2v) is 7.34. The second kappa shape index (κ2) is 9.54. The maximum atomic E-state index is 12.8. The highest BCUT2D eigenvalue weighted by molar-refractivity contribution is 5.78. The largest absolute Gasteiger partial charge is 0.507 e. The van der Waals surface area contributed by atoms with Crippen LogP contribution in [-0.4, -0.2) is 38.4 Å². The van der Waals surface area contributed by atoms with E-state index in [0.29, 0.717) is 17.1 Å². The first-order chi connectivity index (χ1) is 14.0. The molecule has 0 radical (unpaired) electrons. The highest BCUT2D eigenvalue weighted by Crippen LogP contribution is 2.43. The van der Waals surface area contributed by atoms with Gasteiger partial charge in [0.25, 0.3) is 0 Å². The van der Waals surface area contributed by atoms with Gasteiger partial charge in [0.15, 0.2) is 0 Å². The molecule has 6 heteroatoms. The van der Waals surface area contributed by atoms with Crippen molar-refractivity contribution in [3.05, 3.63) is 47.5 Å². The summed E-state index contributed by atoms with van der Waals surface area (Å²) in [5, 5.41) is 13.9. The van der Waals surface area contributed by atoms with Gasteiger partial charge >= 0.3 is 0 Å². The predicted octanol–water partition coefficient (Wildman–Crippen LogP) is 4.00. The molecule has 1 amide bonds. The molecule has 1 atom stereocenters. The minimum Gasteiger partial charge on any atom is -0.507 e. The van der Waals surface area contributed by atoms with E-state index in [1.54, 1.807) is 26.4 Å². The number of hydrogen-bond acceptors (Lipinski definition) is 5. The Morgan fingerprint density at radius 2 is 1.69 bits per heavy atom. The average molecular weight is 399 g/mol. The summed E-state index contributed by atoms with van der Waals surface area (Å²) in [4.78, 5) is 12.8. The second-order valence-electron chi connectivity index (χ2n) is 7.34. The quantitative estimate of drug-likeness (QED) is 0.702. The number of ether oxygens (including phenoxy) is 3. The molecule has 0 aromatic heterocycles. The Morgan fingerprint density at radius 1 is 1.03 bits per heavy atom. The smallest absolute Gasteiger partial charge is 0.221 e. The van der Waals surface area contributed by atoms with Gasteiger partial charge in [-0.1, -0.05) is 25.0 Å². The van der Waals surface area contributed by atoms with E-state index in [9.17, 15) is 9.90 Å². The average Bonchev–Trinajstić information content (AvgIpc) is 3.24. The molecule has 1 saturated carbocycles. The zero-order valence-electron chi connectivity index (χ0n) is 17.2. The third kappa shape index (κ3) is 4.94. The highest BCUT2D eigenvalue weighted by atomic mass is 16.5. The van der Waals surface area contributed by atoms with Crippen LogP contribution < -0.4 is 19.5 Å². The van der Waals surface area contributed by atoms with Crippen LogP contribution in [0.15, 0.2) is 36.4 Å². The predicted molar refractivity (Wildman–Crippen MR) is 111 cm³/mol. The van der Waals surface area contributed by atoms with Crippen molar-refractivity contribution in [3.63, 3.8) is 0 Å². The lowest BCUT2D eigenvalue weighted by atomic mass is 9.86. The van der Waals surface area contributed by atoms with Gasteiger partial charge in [0.1, 0.15) is 23.0 Å². The molecule has 0 spiro atoms. The van der Waals surface area contributed by atoms with Gasteiger partial charge in [-0.3, -0.25) is 4.79 Å². The van der Waals surface area contributed by atoms with Gasteiger partial charge in [0, 0.05) is 36.1 Å². The van der Waals surface area contributed by atoms with Gasteiger partial charge in [-0.25, -0.2) is 0 Å². The van der Waals surface area contributed by atoms with E-state index in [0.717, 1.165) is 37.0 Å². The summed E-state index contributed by atoms with van der Waals surface area (Å²) in [6.45, 7) is 0. The molecule has 29 heavy (non-hydrogen) atoms. The fraction of sp³-hybridized carbons (Fsp3) is 0.435. The third-order valence-electron chi connectivity index (χ3n) is 5.53. The van der Waals surface area contributed by atoms with Crippen LogP contribution in [0.2, 0.25) is 0 Å². The van der Waals surface area contributed by atoms with E-state index in [-0.39, 0.29) is 30.0 Å². The first kappa shape index (κ1) is 20.8. The number of nitrogens with one attached hydrogen (secondary N) is 1. The van der Waals surface area contributed by atoms with E-state index < -0.39 is 0 Å². The first-order valence-corrected chi connectivity index (χ1v) is 9.94. The van der Waals surface area contributed by atoms with Crippen LogP contribution >= 0.6 is 0 Å². The number of phenolic OH excluding ortho intramolecular Hbond substituents is 1. The zero-order chi connectivity index (χ0) is 20.8. The molecule has 0 aliphatic heterocycles. The fourth-order valence-electron chi connectivity index (χ4n) is 3.99. The lowest BCUT2D eigenvalue weighted by molar-refractivity contribution is -0.122. The Hall–Kier alpha value is -2.89. The van der Waals surface area contributed by atoms with Crippen molar-refractivity contribution in [2.24, 2.45) is 0 Å². The SMILES string of the molecule is COc1ccc(C(CC(=O)NC2CCCC2)c2c(O)cc(OC)cc2OC)cc1. The van der Waals surface area contributed by atoms with E-state index in [1.165, 1.54) is 7.11 Å². The molecule has 0 saturated heterocycles. The summed E-state index contributed by atoms with van der Waals surface area (Å²) < 4.78 is 16.0. The van der Waals surface area contributed by atoms with E-state index >= 15 is 0 Å². The molecule has 3 rings (SSSR count). The number of methoxy groups -OCH3 is 3. The number of aromatic hydroxyl groups is 1. The first-order valence-electron chi connectivity index (χ1n) is 9.94. The molecule has 1 aliphatic carbocycles. The van der Waals surface area contributed by atoms with Gasteiger partial charge in [-0.15, -0.1) is 0 Å². The van der Waals surface area contributed by atoms with Crippen LogP contribution in [0.3, 0.4) is 0 Å². The summed E-state index contributed by atoms with van der Waals surface area (Å²) in [5.74, 6) is 1.34. The standard InChI is InChI=1S/C23H29NO5/c1-27-17-10-8-15(9-11-17)19(14-22(26)24-16-6-4-5-7-16)23-20(25)12-18(28-2)13-21(23)29-3/h8-13,16,19,25H,4-7,14H2,1-3H3,(H,24,26). The maximum Gasteiger partial charge on any atom is 0.221 e. The maximum absolute atomic E-state index is 12.8. The van der Waals surface area contributed by atoms with Crippen LogP contribution in [-0.2, 0) is 4.79 Å². The van der Waals surface area contributed by atoms with Crippen molar-refractivity contribution in [2.45, 2.75) is 44.1 Å². The number of benzene rings is 2. The number of carbonyl (C=O) groups is 1. The summed E-state index contributed by atoms with van der Waals surface area (Å²) >= 11 is 0. The lowest BCUT2D eigenvalue weighted by Gasteiger charge is -2.23. The van der Waals surface area contributed by atoms with E-state index in [4.69, 9.17) is 14.2 Å². The highest BCUT2D eigenvalue weighted by Gasteiger charge is 2.27. The van der Waals surface area contributed by atoms with E-state index in [1.807, 2.05) is 24.3 Å². The van der Waals surface area contributed by atoms with Gasteiger partial charge in [0.2, 0.25) is 5.91 Å². The van der Waals surface area contributed by atoms with Crippen LogP contribution in [0, 0.1) is 0 Å². The monoisotopic (exact) mass is 399 g/mol. The molecule has 1 aliphatic rings. The molecule has 0 bridgehead atoms. The summed E-state index contributed by atoms with van der Waals surface area (Å²) in [5.41, 5.74) is 1.46. The van der Waals surface area contributed by atoms with Gasteiger partial charge in [-0.2, -0.15) is 0 Å². The summed E-state index contributed by atoms with van der Waals surface area (Å²) in [7, 11) is 4.69. The van der Waals surface area contributed by atoms with Crippen molar-refractivity contribution in [1.82, 2.24) is 5.32 Å². The molecule has 2 aromatic carbocycles. The van der Waals surface area contributed by atoms with Crippen molar-refractivity contribution in [2.75, 3.05) is 21.3 Å². The minimum atomic E-state index is -0.372. The Balaban J connectivity index is 1.96. The van der Waals surface area contributed by atoms with Crippen LogP contribution in [0.25, 0.3) is 0 Å². The zero-order valence-corrected chi connectivity index (χ0v) is 17.2. The molecule has 2 N–H and O–H groups in total. The van der Waals surface area contributed by atoms with Crippen molar-refractivity contribution < 1.29 is 24.1 Å². The number of amides is 1. The Morgan fingerprint density at radius 3 is 2.28 bits per heavy atom. The number of rotatable bonds is 8. The normalized spacial score (nSPS) is 15.0. The minimum absolute atomic E-state index is 0.0324. The van der Waals surface area contributed by atoms with Crippen molar-refractivity contribution in [1.29, 1.82) is 0 Å². The Bertz CT molecular complexity index is 828. The fourth-order valence-corrected chi connectivity index (χ4v) is 3.99. The molecular weight excluding hydrogens is 370 g/mol. The van der Waals surface area contributed by atoms with Crippen molar-refractivity contribution >= 4 is 5.91 Å².